The highest BCUT2D eigenvalue weighted by atomic mass is 16.6. The Morgan fingerprint density at radius 3 is 2.11 bits per heavy atom. The Balaban J connectivity index is 3.41. The standard InChI is InChI=1S/C7H17NO/c1-5-7(6(2)3)8-9-4/h6-8H,5H2,1-4H3. The van der Waals surface area contributed by atoms with E-state index in [1.54, 1.807) is 7.11 Å². The van der Waals surface area contributed by atoms with Crippen molar-refractivity contribution in [3.05, 3.63) is 0 Å². The normalized spacial score (nSPS) is 14.3. The molecule has 56 valence electrons. The highest BCUT2D eigenvalue weighted by molar-refractivity contribution is 4.62. The van der Waals surface area contributed by atoms with Crippen LogP contribution in [0.5, 0.6) is 0 Å². The number of hydrogen-bond acceptors (Lipinski definition) is 2. The molecule has 0 saturated carbocycles. The third kappa shape index (κ3) is 3.49. The van der Waals surface area contributed by atoms with E-state index >= 15 is 0 Å². The average Bonchev–Trinajstić information content (AvgIpc) is 1.82. The molecule has 0 bridgehead atoms. The van der Waals surface area contributed by atoms with Crippen LogP contribution in [0.15, 0.2) is 0 Å². The topological polar surface area (TPSA) is 21.3 Å². The molecule has 2 heteroatoms. The Hall–Kier alpha value is -0.0800. The second-order valence-corrected chi connectivity index (χ2v) is 2.58. The lowest BCUT2D eigenvalue weighted by Gasteiger charge is -2.18. The van der Waals surface area contributed by atoms with Crippen molar-refractivity contribution in [3.8, 4) is 0 Å². The average molecular weight is 131 g/mol. The fourth-order valence-electron chi connectivity index (χ4n) is 0.842. The predicted octanol–water partition coefficient (Wildman–Crippen LogP) is 1.57. The van der Waals surface area contributed by atoms with Crippen LogP contribution in [-0.4, -0.2) is 13.2 Å². The van der Waals surface area contributed by atoms with Crippen LogP contribution in [-0.2, 0) is 4.84 Å². The van der Waals surface area contributed by atoms with E-state index in [0.29, 0.717) is 12.0 Å². The molecule has 9 heavy (non-hydrogen) atoms. The van der Waals surface area contributed by atoms with Gasteiger partial charge in [0.2, 0.25) is 0 Å². The smallest absolute Gasteiger partial charge is 0.0572 e. The van der Waals surface area contributed by atoms with Gasteiger partial charge in [-0.2, -0.15) is 5.48 Å². The minimum Gasteiger partial charge on any atom is -0.305 e. The van der Waals surface area contributed by atoms with E-state index in [4.69, 9.17) is 4.84 Å². The van der Waals surface area contributed by atoms with Crippen molar-refractivity contribution >= 4 is 0 Å². The summed E-state index contributed by atoms with van der Waals surface area (Å²) < 4.78 is 0. The Bertz CT molecular complexity index is 63.9. The molecule has 0 saturated heterocycles. The quantitative estimate of drug-likeness (QED) is 0.585. The second-order valence-electron chi connectivity index (χ2n) is 2.58. The van der Waals surface area contributed by atoms with Crippen molar-refractivity contribution in [1.82, 2.24) is 5.48 Å². The van der Waals surface area contributed by atoms with Crippen LogP contribution >= 0.6 is 0 Å². The van der Waals surface area contributed by atoms with Gasteiger partial charge in [0.05, 0.1) is 7.11 Å². The van der Waals surface area contributed by atoms with Gasteiger partial charge in [-0.25, -0.2) is 0 Å². The predicted molar refractivity (Wildman–Crippen MR) is 39.1 cm³/mol. The van der Waals surface area contributed by atoms with E-state index in [1.807, 2.05) is 0 Å². The van der Waals surface area contributed by atoms with Crippen LogP contribution in [0.2, 0.25) is 0 Å². The molecule has 0 spiro atoms. The Kier molecular flexibility index (Phi) is 4.72. The summed E-state index contributed by atoms with van der Waals surface area (Å²) in [6.07, 6.45) is 1.12. The molecule has 0 fully saturated rings. The summed E-state index contributed by atoms with van der Waals surface area (Å²) in [5.41, 5.74) is 2.93. The number of nitrogens with one attached hydrogen (secondary N) is 1. The van der Waals surface area contributed by atoms with Gasteiger partial charge in [-0.1, -0.05) is 20.8 Å². The maximum absolute atomic E-state index is 4.81. The van der Waals surface area contributed by atoms with Gasteiger partial charge in [-0.3, -0.25) is 0 Å². The van der Waals surface area contributed by atoms with Gasteiger partial charge >= 0.3 is 0 Å². The van der Waals surface area contributed by atoms with E-state index in [-0.39, 0.29) is 0 Å². The summed E-state index contributed by atoms with van der Waals surface area (Å²) in [4.78, 5) is 4.81. The monoisotopic (exact) mass is 131 g/mol. The summed E-state index contributed by atoms with van der Waals surface area (Å²) in [5.74, 6) is 0.648. The summed E-state index contributed by atoms with van der Waals surface area (Å²) >= 11 is 0. The van der Waals surface area contributed by atoms with Crippen molar-refractivity contribution in [2.24, 2.45) is 5.92 Å². The number of hydroxylamine groups is 1. The summed E-state index contributed by atoms with van der Waals surface area (Å²) in [5, 5.41) is 0. The molecule has 0 aromatic heterocycles. The molecule has 0 rings (SSSR count). The van der Waals surface area contributed by atoms with Gasteiger partial charge in [-0.15, -0.1) is 0 Å². The highest BCUT2D eigenvalue weighted by Gasteiger charge is 2.08. The van der Waals surface area contributed by atoms with Crippen molar-refractivity contribution in [2.75, 3.05) is 7.11 Å². The molecule has 1 N–H and O–H groups in total. The van der Waals surface area contributed by atoms with E-state index < -0.39 is 0 Å². The first-order valence-corrected chi connectivity index (χ1v) is 3.50. The first-order chi connectivity index (χ1) is 4.22. The zero-order chi connectivity index (χ0) is 7.28. The minimum absolute atomic E-state index is 0.495. The van der Waals surface area contributed by atoms with Crippen LogP contribution in [0.25, 0.3) is 0 Å². The van der Waals surface area contributed by atoms with E-state index in [2.05, 4.69) is 26.3 Å². The van der Waals surface area contributed by atoms with Crippen molar-refractivity contribution in [1.29, 1.82) is 0 Å². The van der Waals surface area contributed by atoms with Gasteiger partial charge in [0, 0.05) is 6.04 Å². The van der Waals surface area contributed by atoms with Gasteiger partial charge < -0.3 is 4.84 Å². The van der Waals surface area contributed by atoms with Crippen LogP contribution in [0.4, 0.5) is 0 Å². The first kappa shape index (κ1) is 8.92. The Labute approximate surface area is 57.5 Å². The highest BCUT2D eigenvalue weighted by Crippen LogP contribution is 2.03. The van der Waals surface area contributed by atoms with Crippen LogP contribution in [0.1, 0.15) is 27.2 Å². The van der Waals surface area contributed by atoms with E-state index in [0.717, 1.165) is 6.42 Å². The SMILES string of the molecule is CCC(NOC)C(C)C. The Morgan fingerprint density at radius 1 is 1.44 bits per heavy atom. The Morgan fingerprint density at radius 2 is 2.00 bits per heavy atom. The van der Waals surface area contributed by atoms with Gasteiger partial charge in [0.25, 0.3) is 0 Å². The minimum atomic E-state index is 0.495. The molecule has 0 aliphatic rings. The molecule has 0 aromatic carbocycles. The summed E-state index contributed by atoms with van der Waals surface area (Å²) in [7, 11) is 1.66. The van der Waals surface area contributed by atoms with E-state index in [1.165, 1.54) is 0 Å². The molecule has 0 aromatic rings. The number of hydrogen-bond donors (Lipinski definition) is 1. The molecule has 0 radical (unpaired) electrons. The molecule has 0 aliphatic carbocycles. The molecule has 1 atom stereocenters. The zero-order valence-electron chi connectivity index (χ0n) is 6.77. The van der Waals surface area contributed by atoms with Crippen molar-refractivity contribution in [3.63, 3.8) is 0 Å². The maximum Gasteiger partial charge on any atom is 0.0572 e. The molecular weight excluding hydrogens is 114 g/mol. The molecule has 2 nitrogen and oxygen atoms in total. The van der Waals surface area contributed by atoms with Crippen molar-refractivity contribution < 1.29 is 4.84 Å². The van der Waals surface area contributed by atoms with Gasteiger partial charge in [0.1, 0.15) is 0 Å². The molecule has 0 aliphatic heterocycles. The van der Waals surface area contributed by atoms with Gasteiger partial charge in [0.15, 0.2) is 0 Å². The number of rotatable bonds is 4. The van der Waals surface area contributed by atoms with Gasteiger partial charge in [-0.05, 0) is 12.3 Å². The third-order valence-electron chi connectivity index (χ3n) is 1.51. The third-order valence-corrected chi connectivity index (χ3v) is 1.51. The van der Waals surface area contributed by atoms with Crippen LogP contribution in [0.3, 0.4) is 0 Å². The van der Waals surface area contributed by atoms with Crippen LogP contribution in [0, 0.1) is 5.92 Å². The zero-order valence-corrected chi connectivity index (χ0v) is 6.77. The lowest BCUT2D eigenvalue weighted by molar-refractivity contribution is 0.0451. The van der Waals surface area contributed by atoms with Crippen molar-refractivity contribution in [2.45, 2.75) is 33.2 Å². The second kappa shape index (κ2) is 4.77. The van der Waals surface area contributed by atoms with Crippen LogP contribution < -0.4 is 5.48 Å². The molecule has 0 heterocycles. The van der Waals surface area contributed by atoms with E-state index in [9.17, 15) is 0 Å². The summed E-state index contributed by atoms with van der Waals surface area (Å²) in [6, 6.07) is 0.495. The summed E-state index contributed by atoms with van der Waals surface area (Å²) in [6.45, 7) is 6.51. The lowest BCUT2D eigenvalue weighted by Crippen LogP contribution is -2.32. The molecule has 0 amide bonds. The fraction of sp³-hybridized carbons (Fsp3) is 1.00. The molecular formula is C7H17NO. The largest absolute Gasteiger partial charge is 0.305 e. The maximum atomic E-state index is 4.81. The molecule has 1 unspecified atom stereocenters. The fourth-order valence-corrected chi connectivity index (χ4v) is 0.842. The first-order valence-electron chi connectivity index (χ1n) is 3.50. The lowest BCUT2D eigenvalue weighted by atomic mass is 10.0.